The summed E-state index contributed by atoms with van der Waals surface area (Å²) >= 11 is 6.24. The lowest BCUT2D eigenvalue weighted by Crippen LogP contribution is -2.39. The first-order valence-electron chi connectivity index (χ1n) is 9.08. The second kappa shape index (κ2) is 7.65. The average Bonchev–Trinajstić information content (AvgIpc) is 3.06. The molecule has 1 saturated carbocycles. The first-order valence-corrected chi connectivity index (χ1v) is 11.4. The van der Waals surface area contributed by atoms with Crippen molar-refractivity contribution in [3.8, 4) is 11.3 Å². The number of halogens is 1. The number of aromatic amines is 1. The third-order valence-corrected chi connectivity index (χ3v) is 5.82. The molecule has 1 aliphatic rings. The zero-order valence-corrected chi connectivity index (χ0v) is 16.9. The van der Waals surface area contributed by atoms with Gasteiger partial charge >= 0.3 is 0 Å². The molecule has 0 aliphatic heterocycles. The van der Waals surface area contributed by atoms with Gasteiger partial charge in [-0.2, -0.15) is 0 Å². The van der Waals surface area contributed by atoms with Gasteiger partial charge in [-0.05, 0) is 37.8 Å². The number of H-pyrrole nitrogens is 1. The molecule has 1 fully saturated rings. The SMILES string of the molecule is CS(=O)(=O)N[C@H]1CC[C@H](Nc2nc(Cl)cc(-c3c[nH]c4ncccc34)n2)CC1. The van der Waals surface area contributed by atoms with E-state index in [1.807, 2.05) is 18.3 Å². The zero-order valence-electron chi connectivity index (χ0n) is 15.3. The van der Waals surface area contributed by atoms with Crippen LogP contribution in [0.3, 0.4) is 0 Å². The maximum Gasteiger partial charge on any atom is 0.224 e. The lowest BCUT2D eigenvalue weighted by Gasteiger charge is -2.29. The van der Waals surface area contributed by atoms with Crippen LogP contribution in [0, 0.1) is 0 Å². The summed E-state index contributed by atoms with van der Waals surface area (Å²) in [7, 11) is -3.18. The Morgan fingerprint density at radius 2 is 1.93 bits per heavy atom. The molecule has 148 valence electrons. The number of nitrogens with zero attached hydrogens (tertiary/aromatic N) is 3. The molecule has 4 rings (SSSR count). The van der Waals surface area contributed by atoms with Crippen LogP contribution in [0.5, 0.6) is 0 Å². The smallest absolute Gasteiger partial charge is 0.224 e. The Morgan fingerprint density at radius 3 is 2.68 bits per heavy atom. The summed E-state index contributed by atoms with van der Waals surface area (Å²) in [5, 5.41) is 4.67. The first-order chi connectivity index (χ1) is 13.4. The van der Waals surface area contributed by atoms with Crippen LogP contribution in [-0.4, -0.2) is 46.7 Å². The van der Waals surface area contributed by atoms with Crippen LogP contribution >= 0.6 is 11.6 Å². The minimum atomic E-state index is -3.18. The van der Waals surface area contributed by atoms with E-state index in [4.69, 9.17) is 11.6 Å². The topological polar surface area (TPSA) is 113 Å². The quantitative estimate of drug-likeness (QED) is 0.547. The van der Waals surface area contributed by atoms with Crippen LogP contribution in [0.2, 0.25) is 5.15 Å². The summed E-state index contributed by atoms with van der Waals surface area (Å²) in [6.07, 6.45) is 7.99. The summed E-state index contributed by atoms with van der Waals surface area (Å²) in [5.74, 6) is 0.472. The van der Waals surface area contributed by atoms with Crippen molar-refractivity contribution in [3.63, 3.8) is 0 Å². The molecule has 0 radical (unpaired) electrons. The lowest BCUT2D eigenvalue weighted by molar-refractivity contribution is 0.387. The Hall–Kier alpha value is -2.23. The summed E-state index contributed by atoms with van der Waals surface area (Å²) in [6, 6.07) is 5.75. The maximum atomic E-state index is 11.4. The van der Waals surface area contributed by atoms with Crippen LogP contribution in [0.4, 0.5) is 5.95 Å². The summed E-state index contributed by atoms with van der Waals surface area (Å²) in [5.41, 5.74) is 2.42. The van der Waals surface area contributed by atoms with E-state index in [9.17, 15) is 8.42 Å². The van der Waals surface area contributed by atoms with Gasteiger partial charge in [0.2, 0.25) is 16.0 Å². The number of aromatic nitrogens is 4. The third kappa shape index (κ3) is 4.43. The highest BCUT2D eigenvalue weighted by molar-refractivity contribution is 7.88. The van der Waals surface area contributed by atoms with Gasteiger partial charge in [0.05, 0.1) is 11.9 Å². The number of hydrogen-bond acceptors (Lipinski definition) is 6. The molecule has 0 bridgehead atoms. The average molecular weight is 421 g/mol. The van der Waals surface area contributed by atoms with Crippen molar-refractivity contribution < 1.29 is 8.42 Å². The minimum Gasteiger partial charge on any atom is -0.351 e. The Kier molecular flexibility index (Phi) is 5.22. The molecule has 3 aromatic heterocycles. The van der Waals surface area contributed by atoms with Gasteiger partial charge in [0, 0.05) is 41.5 Å². The molecular formula is C18H21ClN6O2S. The molecule has 3 aromatic rings. The highest BCUT2D eigenvalue weighted by Gasteiger charge is 2.24. The van der Waals surface area contributed by atoms with Crippen LogP contribution < -0.4 is 10.0 Å². The van der Waals surface area contributed by atoms with Crippen molar-refractivity contribution in [2.24, 2.45) is 0 Å². The number of hydrogen-bond donors (Lipinski definition) is 3. The number of sulfonamides is 1. The van der Waals surface area contributed by atoms with E-state index in [2.05, 4.69) is 30.0 Å². The van der Waals surface area contributed by atoms with E-state index >= 15 is 0 Å². The monoisotopic (exact) mass is 420 g/mol. The number of nitrogens with one attached hydrogen (secondary N) is 3. The first kappa shape index (κ1) is 19.1. The van der Waals surface area contributed by atoms with Crippen molar-refractivity contribution in [3.05, 3.63) is 35.7 Å². The molecule has 0 amide bonds. The molecule has 0 saturated heterocycles. The van der Waals surface area contributed by atoms with Crippen molar-refractivity contribution in [1.29, 1.82) is 0 Å². The fraction of sp³-hybridized carbons (Fsp3) is 0.389. The molecule has 10 heteroatoms. The number of fused-ring (bicyclic) bond motifs is 1. The Labute approximate surface area is 168 Å². The van der Waals surface area contributed by atoms with Crippen LogP contribution in [0.15, 0.2) is 30.6 Å². The van der Waals surface area contributed by atoms with Crippen LogP contribution in [-0.2, 0) is 10.0 Å². The second-order valence-corrected chi connectivity index (χ2v) is 9.25. The second-order valence-electron chi connectivity index (χ2n) is 7.08. The van der Waals surface area contributed by atoms with Gasteiger partial charge in [0.15, 0.2) is 0 Å². The Balaban J connectivity index is 1.49. The maximum absolute atomic E-state index is 11.4. The van der Waals surface area contributed by atoms with Gasteiger partial charge < -0.3 is 10.3 Å². The van der Waals surface area contributed by atoms with Crippen molar-refractivity contribution in [2.45, 2.75) is 37.8 Å². The number of anilines is 1. The van der Waals surface area contributed by atoms with Gasteiger partial charge in [0.1, 0.15) is 10.8 Å². The minimum absolute atomic E-state index is 0.0115. The van der Waals surface area contributed by atoms with E-state index in [-0.39, 0.29) is 12.1 Å². The molecular weight excluding hydrogens is 400 g/mol. The van der Waals surface area contributed by atoms with Gasteiger partial charge in [-0.15, -0.1) is 0 Å². The van der Waals surface area contributed by atoms with Crippen LogP contribution in [0.25, 0.3) is 22.3 Å². The molecule has 8 nitrogen and oxygen atoms in total. The normalized spacial score (nSPS) is 20.4. The highest BCUT2D eigenvalue weighted by Crippen LogP contribution is 2.29. The molecule has 0 spiro atoms. The molecule has 28 heavy (non-hydrogen) atoms. The molecule has 0 aromatic carbocycles. The zero-order chi connectivity index (χ0) is 19.7. The number of pyridine rings is 1. The largest absolute Gasteiger partial charge is 0.351 e. The summed E-state index contributed by atoms with van der Waals surface area (Å²) < 4.78 is 25.4. The fourth-order valence-corrected chi connectivity index (χ4v) is 4.65. The standard InChI is InChI=1S/C18H21ClN6O2S/c1-28(26,27)25-12-6-4-11(5-7-12)22-18-23-15(9-16(19)24-18)14-10-21-17-13(14)3-2-8-20-17/h2-3,8-12,25H,4-7H2,1H3,(H,20,21)(H,22,23,24)/t11-,12-. The summed E-state index contributed by atoms with van der Waals surface area (Å²) in [4.78, 5) is 16.4. The molecule has 0 unspecified atom stereocenters. The van der Waals surface area contributed by atoms with E-state index in [1.165, 1.54) is 6.26 Å². The van der Waals surface area contributed by atoms with Gasteiger partial charge in [-0.25, -0.2) is 28.1 Å². The summed E-state index contributed by atoms with van der Waals surface area (Å²) in [6.45, 7) is 0. The van der Waals surface area contributed by atoms with E-state index in [0.717, 1.165) is 42.3 Å². The van der Waals surface area contributed by atoms with Gasteiger partial charge in [-0.1, -0.05) is 11.6 Å². The highest BCUT2D eigenvalue weighted by atomic mass is 35.5. The lowest BCUT2D eigenvalue weighted by atomic mass is 9.92. The fourth-order valence-electron chi connectivity index (χ4n) is 3.63. The molecule has 3 heterocycles. The van der Waals surface area contributed by atoms with E-state index < -0.39 is 10.0 Å². The van der Waals surface area contributed by atoms with Crippen LogP contribution in [0.1, 0.15) is 25.7 Å². The van der Waals surface area contributed by atoms with Crippen molar-refractivity contribution >= 4 is 38.6 Å². The number of rotatable bonds is 5. The van der Waals surface area contributed by atoms with E-state index in [0.29, 0.717) is 16.8 Å². The predicted molar refractivity (Wildman–Crippen MR) is 110 cm³/mol. The van der Waals surface area contributed by atoms with Gasteiger partial charge in [0.25, 0.3) is 0 Å². The molecule has 0 atom stereocenters. The molecule has 3 N–H and O–H groups in total. The van der Waals surface area contributed by atoms with E-state index in [1.54, 1.807) is 12.3 Å². The van der Waals surface area contributed by atoms with Crippen molar-refractivity contribution in [1.82, 2.24) is 24.7 Å². The van der Waals surface area contributed by atoms with Gasteiger partial charge in [-0.3, -0.25) is 0 Å². The Bertz CT molecular complexity index is 1090. The van der Waals surface area contributed by atoms with Crippen molar-refractivity contribution in [2.75, 3.05) is 11.6 Å². The third-order valence-electron chi connectivity index (χ3n) is 4.86. The Morgan fingerprint density at radius 1 is 1.18 bits per heavy atom. The predicted octanol–water partition coefficient (Wildman–Crippen LogP) is 2.95. The molecule has 1 aliphatic carbocycles.